The summed E-state index contributed by atoms with van der Waals surface area (Å²) in [5.41, 5.74) is 2.62. The Hall–Kier alpha value is -3.50. The Bertz CT molecular complexity index is 1310. The molecule has 1 aliphatic rings. The van der Waals surface area contributed by atoms with Crippen molar-refractivity contribution in [2.75, 3.05) is 26.4 Å². The standard InChI is InChI=1S/C28H36N4O6/c1-28(2,3)22(17-30-27(35)36)38-16-15-37-14-6-8-18-7-4-10-20-24(18)19-9-5-13-29-25(19)32(20)21-11-12-23(33)31-26(21)34/h4-5,7,9-10,13,21-22,30H,6,8,11-12,14-17H2,1-3H3,(H,35,36)(H,31,33,34). The molecule has 2 atom stereocenters. The fourth-order valence-corrected chi connectivity index (χ4v) is 4.96. The Morgan fingerprint density at radius 3 is 2.76 bits per heavy atom. The van der Waals surface area contributed by atoms with Crippen LogP contribution in [0.3, 0.4) is 0 Å². The number of pyridine rings is 1. The van der Waals surface area contributed by atoms with E-state index in [1.54, 1.807) is 6.20 Å². The SMILES string of the molecule is CC(C)(C)C(CNC(=O)O)OCCOCCCc1cccc2c1c1cccnc1n2C1CCC(=O)NC1=O. The third-order valence-corrected chi connectivity index (χ3v) is 6.88. The number of hydrogen-bond donors (Lipinski definition) is 3. The number of amides is 3. The summed E-state index contributed by atoms with van der Waals surface area (Å²) >= 11 is 0. The number of carbonyl (C=O) groups excluding carboxylic acids is 2. The number of carbonyl (C=O) groups is 3. The lowest BCUT2D eigenvalue weighted by molar-refractivity contribution is -0.135. The second kappa shape index (κ2) is 11.9. The van der Waals surface area contributed by atoms with Crippen LogP contribution >= 0.6 is 0 Å². The van der Waals surface area contributed by atoms with Crippen LogP contribution in [-0.4, -0.2) is 65.0 Å². The summed E-state index contributed by atoms with van der Waals surface area (Å²) in [5.74, 6) is -0.531. The van der Waals surface area contributed by atoms with Gasteiger partial charge in [0.05, 0.1) is 24.8 Å². The summed E-state index contributed by atoms with van der Waals surface area (Å²) in [4.78, 5) is 39.8. The number of imide groups is 1. The van der Waals surface area contributed by atoms with Gasteiger partial charge in [-0.05, 0) is 48.4 Å². The van der Waals surface area contributed by atoms with E-state index in [1.807, 2.05) is 49.6 Å². The van der Waals surface area contributed by atoms with Crippen molar-refractivity contribution >= 4 is 39.8 Å². The highest BCUT2D eigenvalue weighted by Crippen LogP contribution is 2.35. The number of benzene rings is 1. The summed E-state index contributed by atoms with van der Waals surface area (Å²) < 4.78 is 13.7. The molecule has 0 spiro atoms. The van der Waals surface area contributed by atoms with Crippen LogP contribution in [0.1, 0.15) is 51.6 Å². The quantitative estimate of drug-likeness (QED) is 0.257. The van der Waals surface area contributed by atoms with Gasteiger partial charge >= 0.3 is 6.09 Å². The molecule has 3 amide bonds. The molecule has 1 aliphatic heterocycles. The van der Waals surface area contributed by atoms with Gasteiger partial charge in [0, 0.05) is 36.5 Å². The molecule has 204 valence electrons. The highest BCUT2D eigenvalue weighted by atomic mass is 16.5. The zero-order chi connectivity index (χ0) is 27.3. The highest BCUT2D eigenvalue weighted by molar-refractivity contribution is 6.10. The van der Waals surface area contributed by atoms with E-state index in [9.17, 15) is 14.4 Å². The Balaban J connectivity index is 1.39. The predicted octanol–water partition coefficient (Wildman–Crippen LogP) is 3.82. The summed E-state index contributed by atoms with van der Waals surface area (Å²) in [7, 11) is 0. The molecule has 1 saturated heterocycles. The first kappa shape index (κ1) is 27.5. The smallest absolute Gasteiger partial charge is 0.404 e. The third kappa shape index (κ3) is 6.31. The van der Waals surface area contributed by atoms with E-state index in [-0.39, 0.29) is 29.9 Å². The number of rotatable bonds is 11. The van der Waals surface area contributed by atoms with Crippen molar-refractivity contribution in [2.45, 2.75) is 58.6 Å². The number of piperidine rings is 1. The van der Waals surface area contributed by atoms with Gasteiger partial charge in [0.15, 0.2) is 0 Å². The normalized spacial score (nSPS) is 17.1. The van der Waals surface area contributed by atoms with Crippen LogP contribution < -0.4 is 10.6 Å². The monoisotopic (exact) mass is 524 g/mol. The molecule has 0 radical (unpaired) electrons. The van der Waals surface area contributed by atoms with Gasteiger partial charge in [-0.3, -0.25) is 14.9 Å². The van der Waals surface area contributed by atoms with E-state index < -0.39 is 12.1 Å². The number of carboxylic acid groups (broad SMARTS) is 1. The van der Waals surface area contributed by atoms with Gasteiger partial charge in [0.1, 0.15) is 11.7 Å². The zero-order valence-corrected chi connectivity index (χ0v) is 22.2. The number of aryl methyl sites for hydroxylation is 1. The molecule has 1 fully saturated rings. The third-order valence-electron chi connectivity index (χ3n) is 6.88. The maximum absolute atomic E-state index is 12.7. The number of nitrogens with one attached hydrogen (secondary N) is 2. The minimum atomic E-state index is -1.06. The van der Waals surface area contributed by atoms with Gasteiger partial charge in [-0.15, -0.1) is 0 Å². The van der Waals surface area contributed by atoms with E-state index in [2.05, 4.69) is 21.7 Å². The lowest BCUT2D eigenvalue weighted by atomic mass is 9.89. The maximum Gasteiger partial charge on any atom is 0.404 e. The lowest BCUT2D eigenvalue weighted by Crippen LogP contribution is -2.41. The summed E-state index contributed by atoms with van der Waals surface area (Å²) in [6.07, 6.45) is 2.74. The minimum absolute atomic E-state index is 0.205. The highest BCUT2D eigenvalue weighted by Gasteiger charge is 2.31. The first-order chi connectivity index (χ1) is 18.2. The van der Waals surface area contributed by atoms with Crippen molar-refractivity contribution in [3.05, 3.63) is 42.1 Å². The van der Waals surface area contributed by atoms with Crippen LogP contribution in [0, 0.1) is 5.41 Å². The second-order valence-electron chi connectivity index (χ2n) is 10.7. The fraction of sp³-hybridized carbons (Fsp3) is 0.500. The van der Waals surface area contributed by atoms with Crippen molar-refractivity contribution in [1.29, 1.82) is 0 Å². The summed E-state index contributed by atoms with van der Waals surface area (Å²) in [5, 5.41) is 15.8. The van der Waals surface area contributed by atoms with Gasteiger partial charge in [-0.1, -0.05) is 32.9 Å². The molecule has 10 nitrogen and oxygen atoms in total. The van der Waals surface area contributed by atoms with Gasteiger partial charge in [0.25, 0.3) is 0 Å². The van der Waals surface area contributed by atoms with Crippen LogP contribution in [0.5, 0.6) is 0 Å². The zero-order valence-electron chi connectivity index (χ0n) is 22.2. The Kier molecular flexibility index (Phi) is 8.63. The van der Waals surface area contributed by atoms with E-state index in [0.29, 0.717) is 32.7 Å². The van der Waals surface area contributed by atoms with Gasteiger partial charge in [-0.2, -0.15) is 0 Å². The van der Waals surface area contributed by atoms with E-state index in [1.165, 1.54) is 0 Å². The van der Waals surface area contributed by atoms with E-state index in [0.717, 1.165) is 40.3 Å². The summed E-state index contributed by atoms with van der Waals surface area (Å²) in [6.45, 7) is 7.61. The average Bonchev–Trinajstić information content (AvgIpc) is 3.19. The molecular weight excluding hydrogens is 488 g/mol. The molecule has 4 rings (SSSR count). The molecule has 2 unspecified atom stereocenters. The largest absolute Gasteiger partial charge is 0.465 e. The van der Waals surface area contributed by atoms with Crippen LogP contribution in [-0.2, 0) is 25.5 Å². The number of fused-ring (bicyclic) bond motifs is 3. The van der Waals surface area contributed by atoms with Crippen molar-refractivity contribution in [2.24, 2.45) is 5.41 Å². The Labute approximate surface area is 221 Å². The van der Waals surface area contributed by atoms with Crippen molar-refractivity contribution in [3.8, 4) is 0 Å². The Morgan fingerprint density at radius 1 is 1.21 bits per heavy atom. The number of ether oxygens (including phenoxy) is 2. The van der Waals surface area contributed by atoms with Crippen molar-refractivity contribution in [3.63, 3.8) is 0 Å². The van der Waals surface area contributed by atoms with E-state index in [4.69, 9.17) is 14.6 Å². The topological polar surface area (TPSA) is 132 Å². The first-order valence-corrected chi connectivity index (χ1v) is 13.0. The molecule has 1 aromatic carbocycles. The van der Waals surface area contributed by atoms with Crippen LogP contribution in [0.15, 0.2) is 36.5 Å². The summed E-state index contributed by atoms with van der Waals surface area (Å²) in [6, 6.07) is 9.52. The average molecular weight is 525 g/mol. The molecule has 38 heavy (non-hydrogen) atoms. The van der Waals surface area contributed by atoms with E-state index >= 15 is 0 Å². The van der Waals surface area contributed by atoms with Crippen LogP contribution in [0.2, 0.25) is 0 Å². The molecule has 3 N–H and O–H groups in total. The second-order valence-corrected chi connectivity index (χ2v) is 10.7. The van der Waals surface area contributed by atoms with Gasteiger partial charge in [0.2, 0.25) is 11.8 Å². The molecule has 0 bridgehead atoms. The number of aromatic nitrogens is 2. The van der Waals surface area contributed by atoms with Gasteiger partial charge < -0.3 is 24.5 Å². The molecule has 3 heterocycles. The van der Waals surface area contributed by atoms with Crippen LogP contribution in [0.4, 0.5) is 4.79 Å². The fourth-order valence-electron chi connectivity index (χ4n) is 4.96. The minimum Gasteiger partial charge on any atom is -0.465 e. The van der Waals surface area contributed by atoms with Crippen molar-refractivity contribution < 1.29 is 29.0 Å². The molecule has 2 aromatic heterocycles. The maximum atomic E-state index is 12.7. The van der Waals surface area contributed by atoms with Crippen molar-refractivity contribution in [1.82, 2.24) is 20.2 Å². The molecular formula is C28H36N4O6. The Morgan fingerprint density at radius 2 is 2.03 bits per heavy atom. The molecule has 10 heteroatoms. The molecule has 0 aliphatic carbocycles. The van der Waals surface area contributed by atoms with Gasteiger partial charge in [-0.25, -0.2) is 9.78 Å². The predicted molar refractivity (Wildman–Crippen MR) is 143 cm³/mol. The van der Waals surface area contributed by atoms with Crippen LogP contribution in [0.25, 0.3) is 21.9 Å². The molecule has 0 saturated carbocycles. The lowest BCUT2D eigenvalue weighted by Gasteiger charge is -2.30. The number of hydrogen-bond acceptors (Lipinski definition) is 6. The number of nitrogens with zero attached hydrogens (tertiary/aromatic N) is 2. The molecule has 3 aromatic rings. The first-order valence-electron chi connectivity index (χ1n) is 13.0.